The van der Waals surface area contributed by atoms with E-state index in [9.17, 15) is 0 Å². The molecule has 1 rings (SSSR count). The van der Waals surface area contributed by atoms with Crippen LogP contribution >= 0.6 is 0 Å². The summed E-state index contributed by atoms with van der Waals surface area (Å²) < 4.78 is 10.7. The van der Waals surface area contributed by atoms with Crippen LogP contribution in [0.5, 0.6) is 5.75 Å². The summed E-state index contributed by atoms with van der Waals surface area (Å²) in [6.45, 7) is 7.01. The molecule has 1 aromatic rings. The molecule has 2 N–H and O–H groups in total. The minimum absolute atomic E-state index is 0.213. The van der Waals surface area contributed by atoms with Crippen LogP contribution in [-0.2, 0) is 4.74 Å². The molecule has 1 unspecified atom stereocenters. The molecule has 0 bridgehead atoms. The van der Waals surface area contributed by atoms with Crippen molar-refractivity contribution < 1.29 is 9.47 Å². The minimum Gasteiger partial charge on any atom is -0.496 e. The van der Waals surface area contributed by atoms with Crippen LogP contribution in [0.15, 0.2) is 18.2 Å². The number of likely N-dealkylation sites (N-methyl/N-ethyl adjacent to an activating group) is 1. The first-order chi connectivity index (χ1) is 9.13. The molecule has 0 amide bonds. The molecule has 0 fully saturated rings. The average molecular weight is 266 g/mol. The van der Waals surface area contributed by atoms with E-state index in [4.69, 9.17) is 15.2 Å². The maximum absolute atomic E-state index is 5.92. The highest BCUT2D eigenvalue weighted by atomic mass is 16.5. The first-order valence-corrected chi connectivity index (χ1v) is 6.76. The Kier molecular flexibility index (Phi) is 6.84. The van der Waals surface area contributed by atoms with Gasteiger partial charge in [-0.2, -0.15) is 0 Å². The van der Waals surface area contributed by atoms with Crippen LogP contribution in [0.25, 0.3) is 0 Å². The van der Waals surface area contributed by atoms with Crippen molar-refractivity contribution >= 4 is 0 Å². The Balaban J connectivity index is 2.75. The smallest absolute Gasteiger partial charge is 0.121 e. The second-order valence-corrected chi connectivity index (χ2v) is 4.66. The molecule has 4 heteroatoms. The number of hydrogen-bond acceptors (Lipinski definition) is 4. The maximum Gasteiger partial charge on any atom is 0.121 e. The van der Waals surface area contributed by atoms with E-state index in [1.165, 1.54) is 5.56 Å². The summed E-state index contributed by atoms with van der Waals surface area (Å²) >= 11 is 0. The number of nitrogens with zero attached hydrogens (tertiary/aromatic N) is 1. The summed E-state index contributed by atoms with van der Waals surface area (Å²) in [5.74, 6) is 0.913. The number of nitrogens with two attached hydrogens (primary N) is 1. The predicted octanol–water partition coefficient (Wildman–Crippen LogP) is 1.97. The third-order valence-electron chi connectivity index (χ3n) is 3.35. The second-order valence-electron chi connectivity index (χ2n) is 4.66. The lowest BCUT2D eigenvalue weighted by Gasteiger charge is -2.27. The molecule has 19 heavy (non-hydrogen) atoms. The van der Waals surface area contributed by atoms with Gasteiger partial charge in [-0.1, -0.05) is 12.1 Å². The van der Waals surface area contributed by atoms with E-state index in [2.05, 4.69) is 31.0 Å². The van der Waals surface area contributed by atoms with Crippen LogP contribution in [-0.4, -0.2) is 45.4 Å². The van der Waals surface area contributed by atoms with Crippen molar-refractivity contribution in [2.45, 2.75) is 19.9 Å². The highest BCUT2D eigenvalue weighted by Gasteiger charge is 2.16. The normalized spacial score (nSPS) is 12.7. The highest BCUT2D eigenvalue weighted by Crippen LogP contribution is 2.24. The SMILES string of the molecule is CCOCCN(C)C(CN)c1ccc(OC)c(C)c1. The predicted molar refractivity (Wildman–Crippen MR) is 78.6 cm³/mol. The number of benzene rings is 1. The zero-order chi connectivity index (χ0) is 14.3. The third kappa shape index (κ3) is 4.49. The van der Waals surface area contributed by atoms with Gasteiger partial charge in [0.1, 0.15) is 5.75 Å². The van der Waals surface area contributed by atoms with Gasteiger partial charge in [0.2, 0.25) is 0 Å². The monoisotopic (exact) mass is 266 g/mol. The first-order valence-electron chi connectivity index (χ1n) is 6.76. The number of aryl methyl sites for hydroxylation is 1. The van der Waals surface area contributed by atoms with E-state index in [0.29, 0.717) is 6.54 Å². The molecule has 0 saturated heterocycles. The first kappa shape index (κ1) is 16.0. The Bertz CT molecular complexity index is 382. The van der Waals surface area contributed by atoms with Crippen LogP contribution in [0.2, 0.25) is 0 Å². The summed E-state index contributed by atoms with van der Waals surface area (Å²) in [7, 11) is 3.77. The van der Waals surface area contributed by atoms with Gasteiger partial charge in [-0.05, 0) is 38.1 Å². The van der Waals surface area contributed by atoms with E-state index < -0.39 is 0 Å². The molecule has 0 radical (unpaired) electrons. The summed E-state index contributed by atoms with van der Waals surface area (Å²) in [5.41, 5.74) is 8.27. The summed E-state index contributed by atoms with van der Waals surface area (Å²) in [4.78, 5) is 2.23. The van der Waals surface area contributed by atoms with Crippen LogP contribution in [0.1, 0.15) is 24.1 Å². The quantitative estimate of drug-likeness (QED) is 0.731. The second kappa shape index (κ2) is 8.15. The summed E-state index contributed by atoms with van der Waals surface area (Å²) in [6, 6.07) is 6.45. The van der Waals surface area contributed by atoms with E-state index in [-0.39, 0.29) is 6.04 Å². The lowest BCUT2D eigenvalue weighted by Crippen LogP contribution is -2.33. The zero-order valence-corrected chi connectivity index (χ0v) is 12.5. The van der Waals surface area contributed by atoms with E-state index in [1.54, 1.807) is 7.11 Å². The lowest BCUT2D eigenvalue weighted by atomic mass is 10.0. The lowest BCUT2D eigenvalue weighted by molar-refractivity contribution is 0.108. The van der Waals surface area contributed by atoms with Gasteiger partial charge < -0.3 is 15.2 Å². The van der Waals surface area contributed by atoms with Gasteiger partial charge in [-0.3, -0.25) is 4.90 Å². The Hall–Kier alpha value is -1.10. The zero-order valence-electron chi connectivity index (χ0n) is 12.5. The van der Waals surface area contributed by atoms with Gasteiger partial charge in [0, 0.05) is 25.7 Å². The van der Waals surface area contributed by atoms with Crippen LogP contribution in [0.3, 0.4) is 0 Å². The van der Waals surface area contributed by atoms with Crippen LogP contribution in [0, 0.1) is 6.92 Å². The molecule has 1 atom stereocenters. The molecular formula is C15H26N2O2. The van der Waals surface area contributed by atoms with Crippen molar-refractivity contribution in [1.29, 1.82) is 0 Å². The Morgan fingerprint density at radius 1 is 1.37 bits per heavy atom. The molecule has 0 heterocycles. The number of methoxy groups -OCH3 is 1. The molecule has 108 valence electrons. The van der Waals surface area contributed by atoms with Crippen LogP contribution in [0.4, 0.5) is 0 Å². The molecule has 0 saturated carbocycles. The van der Waals surface area contributed by atoms with E-state index in [1.807, 2.05) is 13.0 Å². The number of hydrogen-bond donors (Lipinski definition) is 1. The summed E-state index contributed by atoms with van der Waals surface area (Å²) in [6.07, 6.45) is 0. The molecule has 0 aromatic heterocycles. The fourth-order valence-electron chi connectivity index (χ4n) is 2.19. The number of rotatable bonds is 8. The van der Waals surface area contributed by atoms with Gasteiger partial charge in [0.25, 0.3) is 0 Å². The van der Waals surface area contributed by atoms with E-state index in [0.717, 1.165) is 31.1 Å². The molecule has 0 aliphatic rings. The van der Waals surface area contributed by atoms with E-state index >= 15 is 0 Å². The van der Waals surface area contributed by atoms with Crippen molar-refractivity contribution in [2.24, 2.45) is 5.73 Å². The highest BCUT2D eigenvalue weighted by molar-refractivity contribution is 5.37. The molecule has 4 nitrogen and oxygen atoms in total. The van der Waals surface area contributed by atoms with Gasteiger partial charge in [0.05, 0.1) is 13.7 Å². The third-order valence-corrected chi connectivity index (χ3v) is 3.35. The van der Waals surface area contributed by atoms with Crippen molar-refractivity contribution in [3.8, 4) is 5.75 Å². The van der Waals surface area contributed by atoms with Gasteiger partial charge >= 0.3 is 0 Å². The maximum atomic E-state index is 5.92. The number of ether oxygens (including phenoxy) is 2. The molecule has 0 spiro atoms. The molecular weight excluding hydrogens is 240 g/mol. The summed E-state index contributed by atoms with van der Waals surface area (Å²) in [5, 5.41) is 0. The standard InChI is InChI=1S/C15H26N2O2/c1-5-19-9-8-17(3)14(11-16)13-6-7-15(18-4)12(2)10-13/h6-7,10,14H,5,8-9,11,16H2,1-4H3. The van der Waals surface area contributed by atoms with Crippen molar-refractivity contribution in [2.75, 3.05) is 40.5 Å². The van der Waals surface area contributed by atoms with Gasteiger partial charge in [0.15, 0.2) is 0 Å². The Morgan fingerprint density at radius 3 is 2.63 bits per heavy atom. The fourth-order valence-corrected chi connectivity index (χ4v) is 2.19. The topological polar surface area (TPSA) is 47.7 Å². The fraction of sp³-hybridized carbons (Fsp3) is 0.600. The average Bonchev–Trinajstić information content (AvgIpc) is 2.40. The van der Waals surface area contributed by atoms with Crippen molar-refractivity contribution in [3.05, 3.63) is 29.3 Å². The molecule has 1 aromatic carbocycles. The molecule has 0 aliphatic carbocycles. The van der Waals surface area contributed by atoms with Crippen LogP contribution < -0.4 is 10.5 Å². The van der Waals surface area contributed by atoms with Gasteiger partial charge in [-0.25, -0.2) is 0 Å². The molecule has 0 aliphatic heterocycles. The van der Waals surface area contributed by atoms with Crippen molar-refractivity contribution in [1.82, 2.24) is 4.90 Å². The largest absolute Gasteiger partial charge is 0.496 e. The Labute approximate surface area is 116 Å². The van der Waals surface area contributed by atoms with Gasteiger partial charge in [-0.15, -0.1) is 0 Å². The minimum atomic E-state index is 0.213. The Morgan fingerprint density at radius 2 is 2.11 bits per heavy atom. The van der Waals surface area contributed by atoms with Crippen molar-refractivity contribution in [3.63, 3.8) is 0 Å².